The highest BCUT2D eigenvalue weighted by Gasteiger charge is 2.11. The van der Waals surface area contributed by atoms with Crippen LogP contribution in [0.3, 0.4) is 0 Å². The van der Waals surface area contributed by atoms with E-state index in [1.165, 1.54) is 5.56 Å². The second kappa shape index (κ2) is 7.29. The monoisotopic (exact) mass is 425 g/mol. The van der Waals surface area contributed by atoms with Gasteiger partial charge in [-0.25, -0.2) is 0 Å². The molecule has 0 aliphatic carbocycles. The van der Waals surface area contributed by atoms with Gasteiger partial charge in [0.2, 0.25) is 0 Å². The number of carbonyl (C=O) groups is 1. The lowest BCUT2D eigenvalue weighted by Crippen LogP contribution is -2.20. The number of hydrogen-bond donors (Lipinski definition) is 1. The van der Waals surface area contributed by atoms with Crippen molar-refractivity contribution in [2.45, 2.75) is 20.8 Å². The third-order valence-electron chi connectivity index (χ3n) is 3.30. The Balaban J connectivity index is 2.00. The van der Waals surface area contributed by atoms with Crippen molar-refractivity contribution in [2.24, 2.45) is 0 Å². The standard InChI is InChI=1S/C17H17Br2NO2/c1-10-6-14(18)17(15(19)7-10)20-16(21)9-22-13-5-4-11(2)12(3)8-13/h4-8H,9H2,1-3H3,(H,20,21). The van der Waals surface area contributed by atoms with Crippen LogP contribution >= 0.6 is 31.9 Å². The lowest BCUT2D eigenvalue weighted by molar-refractivity contribution is -0.118. The summed E-state index contributed by atoms with van der Waals surface area (Å²) in [4.78, 5) is 12.0. The molecule has 0 spiro atoms. The van der Waals surface area contributed by atoms with Crippen LogP contribution in [0.2, 0.25) is 0 Å². The predicted octanol–water partition coefficient (Wildman–Crippen LogP) is 5.15. The van der Waals surface area contributed by atoms with Crippen LogP contribution in [0.15, 0.2) is 39.3 Å². The molecule has 3 nitrogen and oxygen atoms in total. The second-order valence-electron chi connectivity index (χ2n) is 5.19. The van der Waals surface area contributed by atoms with E-state index in [4.69, 9.17) is 4.74 Å². The third kappa shape index (κ3) is 4.34. The zero-order chi connectivity index (χ0) is 16.3. The van der Waals surface area contributed by atoms with Crippen molar-refractivity contribution < 1.29 is 9.53 Å². The first kappa shape index (κ1) is 17.0. The van der Waals surface area contributed by atoms with Crippen LogP contribution in [0, 0.1) is 20.8 Å². The van der Waals surface area contributed by atoms with Crippen LogP contribution in [0.5, 0.6) is 5.75 Å². The quantitative estimate of drug-likeness (QED) is 0.733. The van der Waals surface area contributed by atoms with E-state index in [2.05, 4.69) is 37.2 Å². The van der Waals surface area contributed by atoms with E-state index in [0.29, 0.717) is 11.4 Å². The minimum absolute atomic E-state index is 0.0325. The summed E-state index contributed by atoms with van der Waals surface area (Å²) in [5, 5.41) is 2.84. The summed E-state index contributed by atoms with van der Waals surface area (Å²) in [5.41, 5.74) is 4.15. The Hall–Kier alpha value is -1.33. The Labute approximate surface area is 147 Å². The molecular weight excluding hydrogens is 410 g/mol. The van der Waals surface area contributed by atoms with Crippen LogP contribution in [0.1, 0.15) is 16.7 Å². The molecule has 0 saturated carbocycles. The molecule has 22 heavy (non-hydrogen) atoms. The fraction of sp³-hybridized carbons (Fsp3) is 0.235. The normalized spacial score (nSPS) is 10.4. The first-order valence-electron chi connectivity index (χ1n) is 6.82. The zero-order valence-electron chi connectivity index (χ0n) is 12.7. The van der Waals surface area contributed by atoms with Gasteiger partial charge in [-0.15, -0.1) is 0 Å². The summed E-state index contributed by atoms with van der Waals surface area (Å²) in [7, 11) is 0. The van der Waals surface area contributed by atoms with Crippen molar-refractivity contribution in [3.63, 3.8) is 0 Å². The Kier molecular flexibility index (Phi) is 5.64. The fourth-order valence-corrected chi connectivity index (χ4v) is 3.56. The number of amides is 1. The molecule has 0 aliphatic heterocycles. The van der Waals surface area contributed by atoms with E-state index in [1.807, 2.05) is 51.1 Å². The first-order valence-corrected chi connectivity index (χ1v) is 8.41. The number of benzene rings is 2. The van der Waals surface area contributed by atoms with Crippen molar-refractivity contribution >= 4 is 43.5 Å². The van der Waals surface area contributed by atoms with Gasteiger partial charge in [0, 0.05) is 8.95 Å². The van der Waals surface area contributed by atoms with Gasteiger partial charge in [-0.3, -0.25) is 4.79 Å². The molecule has 0 unspecified atom stereocenters. The molecule has 1 amide bonds. The van der Waals surface area contributed by atoms with Gasteiger partial charge in [0.15, 0.2) is 6.61 Å². The summed E-state index contributed by atoms with van der Waals surface area (Å²) < 4.78 is 7.20. The molecule has 0 aliphatic rings. The Morgan fingerprint density at radius 2 is 1.68 bits per heavy atom. The number of rotatable bonds is 4. The molecule has 1 N–H and O–H groups in total. The van der Waals surface area contributed by atoms with E-state index in [0.717, 1.165) is 20.1 Å². The van der Waals surface area contributed by atoms with E-state index >= 15 is 0 Å². The molecule has 5 heteroatoms. The fourth-order valence-electron chi connectivity index (χ4n) is 1.95. The van der Waals surface area contributed by atoms with Crippen molar-refractivity contribution in [3.8, 4) is 5.75 Å². The van der Waals surface area contributed by atoms with Gasteiger partial charge in [0.05, 0.1) is 5.69 Å². The minimum atomic E-state index is -0.205. The van der Waals surface area contributed by atoms with Crippen LogP contribution in [-0.2, 0) is 4.79 Å². The maximum Gasteiger partial charge on any atom is 0.262 e. The molecule has 0 bridgehead atoms. The van der Waals surface area contributed by atoms with Gasteiger partial charge in [0.1, 0.15) is 5.75 Å². The predicted molar refractivity (Wildman–Crippen MR) is 96.6 cm³/mol. The van der Waals surface area contributed by atoms with E-state index in [1.54, 1.807) is 0 Å². The number of hydrogen-bond acceptors (Lipinski definition) is 2. The lowest BCUT2D eigenvalue weighted by Gasteiger charge is -2.12. The maximum atomic E-state index is 12.0. The topological polar surface area (TPSA) is 38.3 Å². The summed E-state index contributed by atoms with van der Waals surface area (Å²) in [6.45, 7) is 6.01. The average molecular weight is 427 g/mol. The van der Waals surface area contributed by atoms with Gasteiger partial charge in [-0.2, -0.15) is 0 Å². The molecule has 0 atom stereocenters. The zero-order valence-corrected chi connectivity index (χ0v) is 15.8. The van der Waals surface area contributed by atoms with E-state index < -0.39 is 0 Å². The van der Waals surface area contributed by atoms with E-state index in [-0.39, 0.29) is 12.5 Å². The molecule has 2 rings (SSSR count). The average Bonchev–Trinajstić information content (AvgIpc) is 2.44. The second-order valence-corrected chi connectivity index (χ2v) is 6.90. The van der Waals surface area contributed by atoms with Gasteiger partial charge in [-0.05, 0) is 93.6 Å². The summed E-state index contributed by atoms with van der Waals surface area (Å²) in [6.07, 6.45) is 0. The molecule has 0 fully saturated rings. The van der Waals surface area contributed by atoms with Crippen molar-refractivity contribution in [3.05, 3.63) is 56.0 Å². The van der Waals surface area contributed by atoms with Crippen LogP contribution in [0.25, 0.3) is 0 Å². The van der Waals surface area contributed by atoms with Crippen molar-refractivity contribution in [1.29, 1.82) is 0 Å². The summed E-state index contributed by atoms with van der Waals surface area (Å²) in [5.74, 6) is 0.490. The smallest absolute Gasteiger partial charge is 0.262 e. The molecule has 116 valence electrons. The maximum absolute atomic E-state index is 12.0. The highest BCUT2D eigenvalue weighted by Crippen LogP contribution is 2.32. The first-order chi connectivity index (χ1) is 10.4. The Morgan fingerprint density at radius 1 is 1.05 bits per heavy atom. The molecular formula is C17H17Br2NO2. The SMILES string of the molecule is Cc1cc(Br)c(NC(=O)COc2ccc(C)c(C)c2)c(Br)c1. The Bertz CT molecular complexity index is 691. The molecule has 2 aromatic rings. The van der Waals surface area contributed by atoms with Gasteiger partial charge in [0.25, 0.3) is 5.91 Å². The highest BCUT2D eigenvalue weighted by molar-refractivity contribution is 9.11. The highest BCUT2D eigenvalue weighted by atomic mass is 79.9. The number of aryl methyl sites for hydroxylation is 3. The third-order valence-corrected chi connectivity index (χ3v) is 4.55. The van der Waals surface area contributed by atoms with Crippen molar-refractivity contribution in [2.75, 3.05) is 11.9 Å². The van der Waals surface area contributed by atoms with Crippen LogP contribution in [-0.4, -0.2) is 12.5 Å². The molecule has 2 aromatic carbocycles. The number of ether oxygens (including phenoxy) is 1. The van der Waals surface area contributed by atoms with Gasteiger partial charge in [-0.1, -0.05) is 6.07 Å². The van der Waals surface area contributed by atoms with Gasteiger partial charge >= 0.3 is 0 Å². The summed E-state index contributed by atoms with van der Waals surface area (Å²) >= 11 is 6.91. The number of carbonyl (C=O) groups excluding carboxylic acids is 1. The van der Waals surface area contributed by atoms with Crippen LogP contribution < -0.4 is 10.1 Å². The molecule has 0 radical (unpaired) electrons. The summed E-state index contributed by atoms with van der Waals surface area (Å²) in [6, 6.07) is 9.68. The van der Waals surface area contributed by atoms with Crippen molar-refractivity contribution in [1.82, 2.24) is 0 Å². The number of nitrogens with one attached hydrogen (secondary N) is 1. The number of halogens is 2. The van der Waals surface area contributed by atoms with Gasteiger partial charge < -0.3 is 10.1 Å². The molecule has 0 saturated heterocycles. The Morgan fingerprint density at radius 3 is 2.27 bits per heavy atom. The largest absolute Gasteiger partial charge is 0.484 e. The number of anilines is 1. The molecule has 0 heterocycles. The van der Waals surface area contributed by atoms with Crippen LogP contribution in [0.4, 0.5) is 5.69 Å². The molecule has 0 aromatic heterocycles. The lowest BCUT2D eigenvalue weighted by atomic mass is 10.1. The minimum Gasteiger partial charge on any atom is -0.484 e. The van der Waals surface area contributed by atoms with E-state index in [9.17, 15) is 4.79 Å².